The number of fused-ring (bicyclic) bond motifs is 14. The molecule has 0 saturated heterocycles. The fraction of sp³-hybridized carbons (Fsp3) is 0.0476. The predicted octanol–water partition coefficient (Wildman–Crippen LogP) is 16.7. The zero-order valence-corrected chi connectivity index (χ0v) is 36.7. The van der Waals surface area contributed by atoms with Crippen molar-refractivity contribution in [3.63, 3.8) is 0 Å². The summed E-state index contributed by atoms with van der Waals surface area (Å²) in [7, 11) is 0. The number of hydrogen-bond acceptors (Lipinski definition) is 0. The highest BCUT2D eigenvalue weighted by atomic mass is 15.0. The number of hydrogen-bond donors (Lipinski definition) is 0. The van der Waals surface area contributed by atoms with Gasteiger partial charge in [-0.2, -0.15) is 0 Å². The second-order valence-corrected chi connectivity index (χ2v) is 18.6. The molecule has 310 valence electrons. The molecule has 8 bridgehead atoms. The molecular formula is C63H43N3. The summed E-state index contributed by atoms with van der Waals surface area (Å²) in [5, 5.41) is 12.1. The van der Waals surface area contributed by atoms with Gasteiger partial charge in [0.1, 0.15) is 0 Å². The summed E-state index contributed by atoms with van der Waals surface area (Å²) < 4.78 is 7.34. The lowest BCUT2D eigenvalue weighted by Crippen LogP contribution is -2.15. The van der Waals surface area contributed by atoms with Crippen molar-refractivity contribution in [2.45, 2.75) is 19.3 Å². The molecule has 14 rings (SSSR count). The molecule has 0 spiro atoms. The number of benzene rings is 11. The van der Waals surface area contributed by atoms with Crippen LogP contribution in [0.5, 0.6) is 0 Å². The van der Waals surface area contributed by atoms with Crippen LogP contribution in [0.4, 0.5) is 0 Å². The summed E-state index contributed by atoms with van der Waals surface area (Å²) in [4.78, 5) is 0. The van der Waals surface area contributed by atoms with Crippen molar-refractivity contribution in [2.75, 3.05) is 0 Å². The molecule has 0 unspecified atom stereocenters. The van der Waals surface area contributed by atoms with Gasteiger partial charge in [-0.1, -0.05) is 147 Å². The zero-order chi connectivity index (χ0) is 43.7. The summed E-state index contributed by atoms with van der Waals surface area (Å²) in [6.45, 7) is 4.73. The number of nitrogens with zero attached hydrogens (tertiary/aromatic N) is 3. The first-order valence-corrected chi connectivity index (χ1v) is 23.0. The molecule has 1 aliphatic carbocycles. The molecule has 0 N–H and O–H groups in total. The summed E-state index contributed by atoms with van der Waals surface area (Å²) in [5.41, 5.74) is 15.6. The average Bonchev–Trinajstić information content (AvgIpc) is 3.81. The van der Waals surface area contributed by atoms with Crippen molar-refractivity contribution in [1.82, 2.24) is 13.7 Å². The van der Waals surface area contributed by atoms with Crippen LogP contribution in [-0.4, -0.2) is 13.7 Å². The van der Waals surface area contributed by atoms with E-state index < -0.39 is 0 Å². The Morgan fingerprint density at radius 2 is 0.803 bits per heavy atom. The second-order valence-electron chi connectivity index (χ2n) is 18.6. The quantitative estimate of drug-likeness (QED) is 0.157. The molecular weight excluding hydrogens is 799 g/mol. The summed E-state index contributed by atoms with van der Waals surface area (Å²) in [5.74, 6) is 0. The van der Waals surface area contributed by atoms with E-state index in [9.17, 15) is 0 Å². The first-order valence-electron chi connectivity index (χ1n) is 23.0. The van der Waals surface area contributed by atoms with E-state index in [1.807, 2.05) is 0 Å². The van der Waals surface area contributed by atoms with E-state index >= 15 is 0 Å². The third-order valence-corrected chi connectivity index (χ3v) is 14.6. The van der Waals surface area contributed by atoms with Crippen molar-refractivity contribution in [3.8, 4) is 28.2 Å². The van der Waals surface area contributed by atoms with Gasteiger partial charge in [-0.15, -0.1) is 0 Å². The molecule has 0 atom stereocenters. The van der Waals surface area contributed by atoms with Gasteiger partial charge in [0, 0.05) is 55.0 Å². The Bertz CT molecular complexity index is 4260. The standard InChI is InChI=1S/C63H43N3/c1-63(2)58-21-7-5-19-52(58)53-32-30-50(39-59(53)63)65-46-17-10-15-44(35-46)43-14-9-16-45(34-43)64(47-28-26-41-24-25-42-27-29-48(65)37-56(42)55(41)36-47)49-31-33-62-57(38-49)54-20-6-8-22-61(54)66(62)60-23-11-13-40-12-3-4-18-51(40)60/h3-39H,1-2H3. The van der Waals surface area contributed by atoms with Gasteiger partial charge in [-0.25, -0.2) is 0 Å². The maximum absolute atomic E-state index is 2.46. The molecule has 0 radical (unpaired) electrons. The van der Waals surface area contributed by atoms with Crippen LogP contribution >= 0.6 is 0 Å². The largest absolute Gasteiger partial charge is 0.310 e. The molecule has 0 amide bonds. The molecule has 66 heavy (non-hydrogen) atoms. The van der Waals surface area contributed by atoms with Gasteiger partial charge >= 0.3 is 0 Å². The minimum absolute atomic E-state index is 0.118. The third kappa shape index (κ3) is 5.38. The van der Waals surface area contributed by atoms with Gasteiger partial charge < -0.3 is 13.7 Å². The van der Waals surface area contributed by atoms with E-state index in [1.165, 1.54) is 82.1 Å². The first-order chi connectivity index (χ1) is 32.5. The van der Waals surface area contributed by atoms with E-state index in [2.05, 4.69) is 252 Å². The topological polar surface area (TPSA) is 14.8 Å². The maximum Gasteiger partial charge on any atom is 0.0542 e. The lowest BCUT2D eigenvalue weighted by molar-refractivity contribution is 0.660. The van der Waals surface area contributed by atoms with E-state index in [0.29, 0.717) is 0 Å². The molecule has 2 aromatic heterocycles. The molecule has 3 nitrogen and oxygen atoms in total. The van der Waals surface area contributed by atoms with Crippen LogP contribution in [0.15, 0.2) is 224 Å². The average molecular weight is 842 g/mol. The van der Waals surface area contributed by atoms with Gasteiger partial charge in [-0.05, 0) is 151 Å². The van der Waals surface area contributed by atoms with E-state index in [0.717, 1.165) is 44.2 Å². The second kappa shape index (κ2) is 13.8. The van der Waals surface area contributed by atoms with Crippen molar-refractivity contribution >= 4 is 87.0 Å². The van der Waals surface area contributed by atoms with E-state index in [-0.39, 0.29) is 5.41 Å². The van der Waals surface area contributed by atoms with Gasteiger partial charge in [-0.3, -0.25) is 0 Å². The van der Waals surface area contributed by atoms with Crippen LogP contribution in [0.25, 0.3) is 115 Å². The lowest BCUT2D eigenvalue weighted by atomic mass is 9.82. The minimum atomic E-state index is -0.118. The lowest BCUT2D eigenvalue weighted by Gasteiger charge is -2.22. The summed E-state index contributed by atoms with van der Waals surface area (Å²) in [6.07, 6.45) is 0. The van der Waals surface area contributed by atoms with Crippen LogP contribution in [0.2, 0.25) is 0 Å². The summed E-state index contributed by atoms with van der Waals surface area (Å²) >= 11 is 0. The predicted molar refractivity (Wildman–Crippen MR) is 280 cm³/mol. The molecule has 2 heterocycles. The van der Waals surface area contributed by atoms with Crippen LogP contribution in [0, 0.1) is 0 Å². The molecule has 1 aliphatic rings. The first kappa shape index (κ1) is 37.0. The molecule has 11 aromatic carbocycles. The number of rotatable bonds is 3. The highest BCUT2D eigenvalue weighted by Gasteiger charge is 2.35. The Morgan fingerprint density at radius 3 is 1.55 bits per heavy atom. The smallest absolute Gasteiger partial charge is 0.0542 e. The Balaban J connectivity index is 1.06. The van der Waals surface area contributed by atoms with Crippen LogP contribution in [-0.2, 0) is 5.41 Å². The third-order valence-electron chi connectivity index (χ3n) is 14.6. The van der Waals surface area contributed by atoms with Crippen molar-refractivity contribution in [3.05, 3.63) is 236 Å². The fourth-order valence-corrected chi connectivity index (χ4v) is 11.4. The monoisotopic (exact) mass is 841 g/mol. The van der Waals surface area contributed by atoms with Gasteiger partial charge in [0.15, 0.2) is 0 Å². The SMILES string of the molecule is CC1(C)c2ccccc2-c2ccc(-n3c4cccc(c4)c4cccc(c4)n(-c4ccc5c(c4)c4ccccc4n5-c4cccc5ccccc45)c4ccc5ccc6ccc3cc6c5c4)cc21. The van der Waals surface area contributed by atoms with Crippen LogP contribution < -0.4 is 0 Å². The molecule has 0 aliphatic heterocycles. The summed E-state index contributed by atoms with van der Waals surface area (Å²) in [6, 6.07) is 83.8. The highest BCUT2D eigenvalue weighted by molar-refractivity contribution is 6.12. The van der Waals surface area contributed by atoms with Crippen molar-refractivity contribution < 1.29 is 0 Å². The molecule has 3 heteroatoms. The molecule has 13 aromatic rings. The number of aromatic nitrogens is 3. The number of para-hydroxylation sites is 1. The minimum Gasteiger partial charge on any atom is -0.310 e. The molecule has 0 fully saturated rings. The van der Waals surface area contributed by atoms with E-state index in [1.54, 1.807) is 0 Å². The highest BCUT2D eigenvalue weighted by Crippen LogP contribution is 2.49. The van der Waals surface area contributed by atoms with Crippen molar-refractivity contribution in [2.24, 2.45) is 0 Å². The normalized spacial score (nSPS) is 13.1. The van der Waals surface area contributed by atoms with Crippen LogP contribution in [0.3, 0.4) is 0 Å². The molecule has 0 saturated carbocycles. The Morgan fingerprint density at radius 1 is 0.288 bits per heavy atom. The maximum atomic E-state index is 2.46. The van der Waals surface area contributed by atoms with Gasteiger partial charge in [0.25, 0.3) is 0 Å². The Labute approximate surface area is 382 Å². The zero-order valence-electron chi connectivity index (χ0n) is 36.7. The van der Waals surface area contributed by atoms with Gasteiger partial charge in [0.2, 0.25) is 0 Å². The Hall–Kier alpha value is -8.40. The van der Waals surface area contributed by atoms with Crippen molar-refractivity contribution in [1.29, 1.82) is 0 Å². The van der Waals surface area contributed by atoms with Gasteiger partial charge in [0.05, 0.1) is 16.7 Å². The van der Waals surface area contributed by atoms with Crippen LogP contribution in [0.1, 0.15) is 25.0 Å². The Kier molecular flexibility index (Phi) is 7.74. The van der Waals surface area contributed by atoms with E-state index in [4.69, 9.17) is 0 Å². The fourth-order valence-electron chi connectivity index (χ4n) is 11.4.